The van der Waals surface area contributed by atoms with Crippen LogP contribution in [0.2, 0.25) is 0 Å². The fraction of sp³-hybridized carbons (Fsp3) is 0.214. The highest BCUT2D eigenvalue weighted by Gasteiger charge is 2.55. The van der Waals surface area contributed by atoms with Crippen molar-refractivity contribution in [3.05, 3.63) is 90.3 Å². The molecule has 7 rings (SSSR count). The lowest BCUT2D eigenvalue weighted by molar-refractivity contribution is 0.355. The lowest BCUT2D eigenvalue weighted by Gasteiger charge is -2.32. The van der Waals surface area contributed by atoms with E-state index in [2.05, 4.69) is 50.4 Å². The molecule has 0 bridgehead atoms. The Kier molecular flexibility index (Phi) is 4.30. The van der Waals surface area contributed by atoms with Crippen molar-refractivity contribution < 1.29 is 4.39 Å². The van der Waals surface area contributed by atoms with Crippen molar-refractivity contribution in [1.29, 1.82) is 0 Å². The van der Waals surface area contributed by atoms with Crippen molar-refractivity contribution in [1.82, 2.24) is 19.7 Å². The third-order valence-corrected chi connectivity index (χ3v) is 7.49. The Morgan fingerprint density at radius 1 is 1.06 bits per heavy atom. The standard InChI is InChI=1S/C28H23FN6/c1-34-16-21(14-33-34)23-6-4-18(12-24(23)29)20-13-31-27-32-15-26(35(27)17-20)28(8-9-28)22-5-7-25-19(11-22)3-2-10-30-25/h2-7,10-14,16-17,26H,8-9,15H2,1H3. The minimum Gasteiger partial charge on any atom is -0.311 e. The Bertz CT molecular complexity index is 1580. The van der Waals surface area contributed by atoms with Crippen LogP contribution in [0.15, 0.2) is 83.3 Å². The second-order valence-corrected chi connectivity index (χ2v) is 9.57. The first-order chi connectivity index (χ1) is 17.1. The molecule has 0 N–H and O–H groups in total. The topological polar surface area (TPSA) is 58.7 Å². The van der Waals surface area contributed by atoms with E-state index in [0.29, 0.717) is 12.1 Å². The highest BCUT2D eigenvalue weighted by Crippen LogP contribution is 2.54. The highest BCUT2D eigenvalue weighted by molar-refractivity contribution is 6.16. The molecule has 1 saturated carbocycles. The van der Waals surface area contributed by atoms with Crippen LogP contribution >= 0.6 is 0 Å². The predicted octanol–water partition coefficient (Wildman–Crippen LogP) is 4.97. The summed E-state index contributed by atoms with van der Waals surface area (Å²) in [7, 11) is 1.83. The van der Waals surface area contributed by atoms with E-state index >= 15 is 4.39 Å². The van der Waals surface area contributed by atoms with Gasteiger partial charge >= 0.3 is 0 Å². The third-order valence-electron chi connectivity index (χ3n) is 7.49. The van der Waals surface area contributed by atoms with Crippen LogP contribution in [-0.4, -0.2) is 44.4 Å². The molecule has 4 aromatic rings. The number of aliphatic imine (C=N–C) groups is 2. The number of aromatic nitrogens is 3. The first-order valence-electron chi connectivity index (χ1n) is 11.8. The molecule has 2 aliphatic heterocycles. The molecule has 1 unspecified atom stereocenters. The van der Waals surface area contributed by atoms with Gasteiger partial charge in [0.2, 0.25) is 5.96 Å². The van der Waals surface area contributed by atoms with Crippen LogP contribution < -0.4 is 0 Å². The van der Waals surface area contributed by atoms with Crippen molar-refractivity contribution in [3.8, 4) is 11.1 Å². The largest absolute Gasteiger partial charge is 0.311 e. The summed E-state index contributed by atoms with van der Waals surface area (Å²) in [6, 6.07) is 16.2. The molecule has 6 nitrogen and oxygen atoms in total. The maximum Gasteiger partial charge on any atom is 0.225 e. The fourth-order valence-corrected chi connectivity index (χ4v) is 5.46. The molecule has 1 aliphatic carbocycles. The van der Waals surface area contributed by atoms with Crippen LogP contribution in [0.25, 0.3) is 27.6 Å². The molecule has 0 amide bonds. The molecular weight excluding hydrogens is 439 g/mol. The molecule has 172 valence electrons. The molecule has 35 heavy (non-hydrogen) atoms. The van der Waals surface area contributed by atoms with Gasteiger partial charge in [-0.1, -0.05) is 24.3 Å². The number of hydrogen-bond donors (Lipinski definition) is 0. The van der Waals surface area contributed by atoms with Crippen LogP contribution in [-0.2, 0) is 12.5 Å². The van der Waals surface area contributed by atoms with Crippen molar-refractivity contribution in [2.75, 3.05) is 6.54 Å². The van der Waals surface area contributed by atoms with Gasteiger partial charge in [-0.15, -0.1) is 0 Å². The molecule has 7 heteroatoms. The van der Waals surface area contributed by atoms with Crippen LogP contribution in [0.5, 0.6) is 0 Å². The maximum atomic E-state index is 15.0. The summed E-state index contributed by atoms with van der Waals surface area (Å²) in [5.74, 6) is 0.464. The van der Waals surface area contributed by atoms with E-state index in [9.17, 15) is 0 Å². The third kappa shape index (κ3) is 3.22. The molecule has 0 saturated heterocycles. The van der Waals surface area contributed by atoms with Gasteiger partial charge in [0.25, 0.3) is 0 Å². The van der Waals surface area contributed by atoms with E-state index in [-0.39, 0.29) is 17.3 Å². The molecule has 0 spiro atoms. The summed E-state index contributed by atoms with van der Waals surface area (Å²) in [5.41, 5.74) is 5.36. The maximum absolute atomic E-state index is 15.0. The summed E-state index contributed by atoms with van der Waals surface area (Å²) in [6.45, 7) is 0.704. The Morgan fingerprint density at radius 2 is 1.97 bits per heavy atom. The molecule has 1 fully saturated rings. The van der Waals surface area contributed by atoms with Crippen molar-refractivity contribution in [2.24, 2.45) is 17.0 Å². The number of nitrogens with zero attached hydrogens (tertiary/aromatic N) is 6. The van der Waals surface area contributed by atoms with Gasteiger partial charge < -0.3 is 4.90 Å². The Morgan fingerprint density at radius 3 is 2.77 bits per heavy atom. The summed E-state index contributed by atoms with van der Waals surface area (Å²) in [6.07, 6.45) is 11.4. The first kappa shape index (κ1) is 20.3. The first-order valence-corrected chi connectivity index (χ1v) is 11.8. The molecular formula is C28H23FN6. The van der Waals surface area contributed by atoms with E-state index in [4.69, 9.17) is 4.99 Å². The summed E-state index contributed by atoms with van der Waals surface area (Å²) in [4.78, 5) is 16.0. The second kappa shape index (κ2) is 7.43. The Labute approximate surface area is 202 Å². The minimum absolute atomic E-state index is 0.0408. The minimum atomic E-state index is -0.273. The zero-order chi connectivity index (χ0) is 23.6. The smallest absolute Gasteiger partial charge is 0.225 e. The Hall–Kier alpha value is -4.13. The molecule has 3 aliphatic rings. The van der Waals surface area contributed by atoms with Gasteiger partial charge in [-0.3, -0.25) is 9.67 Å². The van der Waals surface area contributed by atoms with E-state index in [1.54, 1.807) is 23.2 Å². The SMILES string of the molecule is Cn1cc(-c2ccc(C3=CN4C(=NCC4C4(c5ccc6ncccc6c5)CC4)N=C3)cc2F)cn1. The molecule has 2 aromatic carbocycles. The van der Waals surface area contributed by atoms with Crippen LogP contribution in [0.1, 0.15) is 24.0 Å². The quantitative estimate of drug-likeness (QED) is 0.430. The van der Waals surface area contributed by atoms with Gasteiger partial charge in [-0.2, -0.15) is 5.10 Å². The second-order valence-electron chi connectivity index (χ2n) is 9.57. The average Bonchev–Trinajstić information content (AvgIpc) is 3.39. The van der Waals surface area contributed by atoms with Gasteiger partial charge in [0.05, 0.1) is 24.3 Å². The number of benzene rings is 2. The lowest BCUT2D eigenvalue weighted by Crippen LogP contribution is -2.42. The van der Waals surface area contributed by atoms with E-state index in [1.165, 1.54) is 5.56 Å². The predicted molar refractivity (Wildman–Crippen MR) is 136 cm³/mol. The van der Waals surface area contributed by atoms with E-state index in [1.807, 2.05) is 37.6 Å². The van der Waals surface area contributed by atoms with Crippen molar-refractivity contribution >= 4 is 28.7 Å². The number of hydrogen-bond acceptors (Lipinski definition) is 5. The number of halogens is 1. The number of rotatable bonds is 4. The highest BCUT2D eigenvalue weighted by atomic mass is 19.1. The van der Waals surface area contributed by atoms with E-state index < -0.39 is 0 Å². The van der Waals surface area contributed by atoms with Gasteiger partial charge in [-0.25, -0.2) is 14.4 Å². The Balaban J connectivity index is 1.21. The number of guanidine groups is 1. The van der Waals surface area contributed by atoms with Gasteiger partial charge in [0.15, 0.2) is 0 Å². The number of fused-ring (bicyclic) bond motifs is 2. The number of aryl methyl sites for hydroxylation is 1. The molecule has 2 aromatic heterocycles. The van der Waals surface area contributed by atoms with E-state index in [0.717, 1.165) is 46.4 Å². The molecule has 1 atom stereocenters. The summed E-state index contributed by atoms with van der Waals surface area (Å²) < 4.78 is 16.7. The van der Waals surface area contributed by atoms with Crippen LogP contribution in [0.4, 0.5) is 4.39 Å². The number of pyridine rings is 1. The molecule has 4 heterocycles. The lowest BCUT2D eigenvalue weighted by atomic mass is 9.86. The summed E-state index contributed by atoms with van der Waals surface area (Å²) >= 11 is 0. The average molecular weight is 463 g/mol. The van der Waals surface area contributed by atoms with Crippen molar-refractivity contribution in [3.63, 3.8) is 0 Å². The summed E-state index contributed by atoms with van der Waals surface area (Å²) in [5, 5.41) is 5.32. The number of allylic oxidation sites excluding steroid dienone is 1. The molecule has 0 radical (unpaired) electrons. The van der Waals surface area contributed by atoms with Crippen LogP contribution in [0.3, 0.4) is 0 Å². The van der Waals surface area contributed by atoms with Crippen molar-refractivity contribution in [2.45, 2.75) is 24.3 Å². The normalized spacial score (nSPS) is 20.1. The fourth-order valence-electron chi connectivity index (χ4n) is 5.46. The van der Waals surface area contributed by atoms with Gasteiger partial charge in [-0.05, 0) is 48.2 Å². The van der Waals surface area contributed by atoms with Gasteiger partial charge in [0.1, 0.15) is 5.82 Å². The zero-order valence-corrected chi connectivity index (χ0v) is 19.3. The zero-order valence-electron chi connectivity index (χ0n) is 19.3. The van der Waals surface area contributed by atoms with Gasteiger partial charge in [0, 0.05) is 59.4 Å². The monoisotopic (exact) mass is 462 g/mol. The van der Waals surface area contributed by atoms with Crippen LogP contribution in [0, 0.1) is 5.82 Å².